The molecule has 1 aromatic carbocycles. The van der Waals surface area contributed by atoms with Crippen LogP contribution in [0.4, 0.5) is 13.2 Å². The van der Waals surface area contributed by atoms with Gasteiger partial charge in [0.05, 0.1) is 13.2 Å². The number of esters is 1. The Hall–Kier alpha value is -2.75. The second kappa shape index (κ2) is 10.7. The fraction of sp³-hybridized carbons (Fsp3) is 0.391. The lowest BCUT2D eigenvalue weighted by atomic mass is 9.79. The predicted octanol–water partition coefficient (Wildman–Crippen LogP) is 4.04. The van der Waals surface area contributed by atoms with E-state index in [1.807, 2.05) is 0 Å². The van der Waals surface area contributed by atoms with E-state index in [0.717, 1.165) is 7.11 Å². The Morgan fingerprint density at radius 3 is 2.53 bits per heavy atom. The Morgan fingerprint density at radius 1 is 1.25 bits per heavy atom. The van der Waals surface area contributed by atoms with Gasteiger partial charge in [0.15, 0.2) is 5.54 Å². The Kier molecular flexibility index (Phi) is 8.54. The standard InChI is InChI=1S/C23H21BrF3NO4/c1-4-14-32-15-8-7-12-22(21(30)31-3)13-11-16(2)19(17-9-5-6-10-18(17)24)28(22)20(29)23(25,26)27/h1,5-6,9-11,13,16,19H,12,14-15H2,2-3H3/t16-,19-,22+/m1/s1. The number of hydrogen-bond acceptors (Lipinski definition) is 4. The molecule has 0 saturated heterocycles. The first-order valence-corrected chi connectivity index (χ1v) is 10.3. The smallest absolute Gasteiger partial charge is 0.467 e. The molecule has 2 rings (SSSR count). The van der Waals surface area contributed by atoms with Crippen LogP contribution in [0.15, 0.2) is 40.9 Å². The first-order valence-electron chi connectivity index (χ1n) is 9.49. The Bertz CT molecular complexity index is 989. The summed E-state index contributed by atoms with van der Waals surface area (Å²) < 4.78 is 51.6. The van der Waals surface area contributed by atoms with Crippen molar-refractivity contribution < 1.29 is 32.2 Å². The molecule has 0 unspecified atom stereocenters. The van der Waals surface area contributed by atoms with E-state index < -0.39 is 42.0 Å². The molecule has 0 radical (unpaired) electrons. The van der Waals surface area contributed by atoms with Crippen LogP contribution in [-0.2, 0) is 19.1 Å². The summed E-state index contributed by atoms with van der Waals surface area (Å²) in [4.78, 5) is 26.2. The first kappa shape index (κ1) is 25.5. The van der Waals surface area contributed by atoms with Crippen molar-refractivity contribution >= 4 is 27.8 Å². The largest absolute Gasteiger partial charge is 0.471 e. The van der Waals surface area contributed by atoms with Crippen molar-refractivity contribution in [2.24, 2.45) is 5.92 Å². The van der Waals surface area contributed by atoms with E-state index >= 15 is 0 Å². The second-order valence-electron chi connectivity index (χ2n) is 7.00. The molecule has 32 heavy (non-hydrogen) atoms. The van der Waals surface area contributed by atoms with Gasteiger partial charge in [-0.2, -0.15) is 13.2 Å². The number of alkyl halides is 3. The molecule has 0 aliphatic carbocycles. The van der Waals surface area contributed by atoms with E-state index in [1.54, 1.807) is 37.3 Å². The van der Waals surface area contributed by atoms with Crippen molar-refractivity contribution in [2.75, 3.05) is 20.3 Å². The van der Waals surface area contributed by atoms with Gasteiger partial charge in [-0.05, 0) is 17.5 Å². The zero-order valence-corrected chi connectivity index (χ0v) is 19.0. The van der Waals surface area contributed by atoms with Gasteiger partial charge in [-0.25, -0.2) is 4.79 Å². The van der Waals surface area contributed by atoms with Crippen LogP contribution in [-0.4, -0.2) is 48.8 Å². The van der Waals surface area contributed by atoms with E-state index in [1.165, 1.54) is 6.08 Å². The molecular weight excluding hydrogens is 491 g/mol. The molecule has 0 spiro atoms. The molecule has 1 aliphatic rings. The van der Waals surface area contributed by atoms with Crippen LogP contribution < -0.4 is 0 Å². The van der Waals surface area contributed by atoms with Crippen molar-refractivity contribution in [3.05, 3.63) is 46.5 Å². The zero-order chi connectivity index (χ0) is 23.9. The van der Waals surface area contributed by atoms with Gasteiger partial charge in [0, 0.05) is 10.9 Å². The number of halogens is 4. The average Bonchev–Trinajstić information content (AvgIpc) is 2.75. The summed E-state index contributed by atoms with van der Waals surface area (Å²) >= 11 is 3.35. The SMILES string of the molecule is C#CCOCC#CC[C@@]1(C(=O)OC)C=C[C@@H](C)[C@H](c2ccccc2Br)N1C(=O)C(F)(F)F. The van der Waals surface area contributed by atoms with Gasteiger partial charge in [-0.3, -0.25) is 4.79 Å². The molecule has 0 saturated carbocycles. The van der Waals surface area contributed by atoms with Gasteiger partial charge in [0.2, 0.25) is 0 Å². The topological polar surface area (TPSA) is 55.8 Å². The molecule has 0 fully saturated rings. The third kappa shape index (κ3) is 5.35. The highest BCUT2D eigenvalue weighted by molar-refractivity contribution is 9.10. The molecule has 1 heterocycles. The fourth-order valence-electron chi connectivity index (χ4n) is 3.53. The molecule has 3 atom stereocenters. The molecule has 0 aromatic heterocycles. The summed E-state index contributed by atoms with van der Waals surface area (Å²) in [6, 6.07) is 5.48. The minimum atomic E-state index is -5.23. The third-order valence-electron chi connectivity index (χ3n) is 4.95. The number of hydrogen-bond donors (Lipinski definition) is 0. The summed E-state index contributed by atoms with van der Waals surface area (Å²) in [6.45, 7) is 1.59. The Morgan fingerprint density at radius 2 is 1.94 bits per heavy atom. The van der Waals surface area contributed by atoms with Gasteiger partial charge >= 0.3 is 18.1 Å². The molecule has 1 aromatic rings. The maximum Gasteiger partial charge on any atom is 0.471 e. The maximum absolute atomic E-state index is 13.7. The maximum atomic E-state index is 13.7. The van der Waals surface area contributed by atoms with Crippen LogP contribution in [0.1, 0.15) is 24.9 Å². The van der Waals surface area contributed by atoms with E-state index in [-0.39, 0.29) is 13.2 Å². The van der Waals surface area contributed by atoms with Gasteiger partial charge in [0.1, 0.15) is 13.2 Å². The number of benzene rings is 1. The van der Waals surface area contributed by atoms with Crippen LogP contribution >= 0.6 is 15.9 Å². The van der Waals surface area contributed by atoms with Crippen molar-refractivity contribution in [3.8, 4) is 24.2 Å². The zero-order valence-electron chi connectivity index (χ0n) is 17.4. The minimum Gasteiger partial charge on any atom is -0.467 e. The fourth-order valence-corrected chi connectivity index (χ4v) is 4.05. The highest BCUT2D eigenvalue weighted by Gasteiger charge is 2.58. The number of amides is 1. The van der Waals surface area contributed by atoms with E-state index in [9.17, 15) is 22.8 Å². The summed E-state index contributed by atoms with van der Waals surface area (Å²) in [5.41, 5.74) is -1.67. The lowest BCUT2D eigenvalue weighted by Crippen LogP contribution is -2.62. The van der Waals surface area contributed by atoms with Crippen LogP contribution in [0.3, 0.4) is 0 Å². The first-order chi connectivity index (χ1) is 15.1. The van der Waals surface area contributed by atoms with Gasteiger partial charge in [0.25, 0.3) is 0 Å². The molecular formula is C23H21BrF3NO4. The van der Waals surface area contributed by atoms with Crippen LogP contribution in [0.25, 0.3) is 0 Å². The minimum absolute atomic E-state index is 0.0109. The quantitative estimate of drug-likeness (QED) is 0.259. The number of methoxy groups -OCH3 is 1. The Balaban J connectivity index is 2.66. The number of carbonyl (C=O) groups is 2. The number of ether oxygens (including phenoxy) is 2. The highest BCUT2D eigenvalue weighted by Crippen LogP contribution is 2.45. The summed E-state index contributed by atoms with van der Waals surface area (Å²) in [5, 5.41) is 0. The molecule has 1 amide bonds. The second-order valence-corrected chi connectivity index (χ2v) is 7.85. The molecule has 170 valence electrons. The van der Waals surface area contributed by atoms with Crippen LogP contribution in [0.2, 0.25) is 0 Å². The number of rotatable bonds is 5. The number of nitrogens with zero attached hydrogens (tertiary/aromatic N) is 1. The lowest BCUT2D eigenvalue weighted by molar-refractivity contribution is -0.199. The Labute approximate surface area is 193 Å². The lowest BCUT2D eigenvalue weighted by Gasteiger charge is -2.48. The average molecular weight is 512 g/mol. The molecule has 1 aliphatic heterocycles. The van der Waals surface area contributed by atoms with Crippen molar-refractivity contribution in [1.82, 2.24) is 4.90 Å². The number of terminal acetylenes is 1. The van der Waals surface area contributed by atoms with E-state index in [4.69, 9.17) is 15.9 Å². The third-order valence-corrected chi connectivity index (χ3v) is 5.67. The van der Waals surface area contributed by atoms with Crippen molar-refractivity contribution in [2.45, 2.75) is 31.1 Å². The monoisotopic (exact) mass is 511 g/mol. The normalized spacial score (nSPS) is 22.5. The van der Waals surface area contributed by atoms with E-state index in [0.29, 0.717) is 14.9 Å². The van der Waals surface area contributed by atoms with Crippen molar-refractivity contribution in [3.63, 3.8) is 0 Å². The van der Waals surface area contributed by atoms with Crippen LogP contribution in [0, 0.1) is 30.1 Å². The van der Waals surface area contributed by atoms with E-state index in [2.05, 4.69) is 33.7 Å². The summed E-state index contributed by atoms with van der Waals surface area (Å²) in [7, 11) is 1.04. The predicted molar refractivity (Wildman–Crippen MR) is 115 cm³/mol. The van der Waals surface area contributed by atoms with Crippen molar-refractivity contribution in [1.29, 1.82) is 0 Å². The summed E-state index contributed by atoms with van der Waals surface area (Å²) in [5.74, 6) is 3.77. The molecule has 0 bridgehead atoms. The molecule has 5 nitrogen and oxygen atoms in total. The summed E-state index contributed by atoms with van der Waals surface area (Å²) in [6.07, 6.45) is 2.28. The van der Waals surface area contributed by atoms with Crippen LogP contribution in [0.5, 0.6) is 0 Å². The van der Waals surface area contributed by atoms with Gasteiger partial charge in [-0.1, -0.05) is 71.0 Å². The molecule has 9 heteroatoms. The van der Waals surface area contributed by atoms with Gasteiger partial charge in [-0.15, -0.1) is 6.42 Å². The van der Waals surface area contributed by atoms with Gasteiger partial charge < -0.3 is 14.4 Å². The molecule has 0 N–H and O–H groups in total. The number of carbonyl (C=O) groups excluding carboxylic acids is 2. The highest BCUT2D eigenvalue weighted by atomic mass is 79.9.